The first-order valence-corrected chi connectivity index (χ1v) is 7.97. The summed E-state index contributed by atoms with van der Waals surface area (Å²) >= 11 is 0. The molecular weight excluding hydrogens is 324 g/mol. The molecule has 0 amide bonds. The number of ether oxygens (including phenoxy) is 1. The van der Waals surface area contributed by atoms with Gasteiger partial charge in [0.1, 0.15) is 12.4 Å². The molecule has 0 aliphatic heterocycles. The third kappa shape index (κ3) is 6.64. The third-order valence-electron chi connectivity index (χ3n) is 3.39. The fourth-order valence-corrected chi connectivity index (χ4v) is 2.13. The van der Waals surface area contributed by atoms with E-state index >= 15 is 0 Å². The van der Waals surface area contributed by atoms with E-state index in [4.69, 9.17) is 9.15 Å². The second kappa shape index (κ2) is 10.1. The zero-order valence-electron chi connectivity index (χ0n) is 14.1. The van der Waals surface area contributed by atoms with E-state index in [1.54, 1.807) is 25.4 Å². The van der Waals surface area contributed by atoms with Gasteiger partial charge < -0.3 is 19.8 Å². The summed E-state index contributed by atoms with van der Waals surface area (Å²) in [6.45, 7) is 2.23. The van der Waals surface area contributed by atoms with Crippen LogP contribution >= 0.6 is 0 Å². The van der Waals surface area contributed by atoms with Crippen molar-refractivity contribution in [2.24, 2.45) is 4.99 Å². The molecule has 2 N–H and O–H groups in total. The number of guanidine groups is 1. The molecule has 25 heavy (non-hydrogen) atoms. The number of non-ortho nitro benzene ring substituents is 1. The molecule has 0 saturated heterocycles. The molecule has 0 radical (unpaired) electrons. The smallest absolute Gasteiger partial charge is 0.269 e. The van der Waals surface area contributed by atoms with Crippen LogP contribution in [0.1, 0.15) is 17.7 Å². The minimum atomic E-state index is -0.403. The van der Waals surface area contributed by atoms with E-state index < -0.39 is 4.92 Å². The SMILES string of the molecule is CN=C(NCCCOCc1ccco1)NCc1cccc([N+](=O)[O-])c1. The minimum Gasteiger partial charge on any atom is -0.467 e. The summed E-state index contributed by atoms with van der Waals surface area (Å²) in [5.41, 5.74) is 0.898. The predicted molar refractivity (Wildman–Crippen MR) is 94.3 cm³/mol. The number of nitrogens with one attached hydrogen (secondary N) is 2. The van der Waals surface area contributed by atoms with Crippen LogP contribution in [0.15, 0.2) is 52.1 Å². The van der Waals surface area contributed by atoms with Crippen molar-refractivity contribution in [2.75, 3.05) is 20.2 Å². The lowest BCUT2D eigenvalue weighted by Crippen LogP contribution is -2.37. The summed E-state index contributed by atoms with van der Waals surface area (Å²) in [4.78, 5) is 14.5. The maximum absolute atomic E-state index is 10.8. The Kier molecular flexibility index (Phi) is 7.45. The number of aliphatic imine (C=N–C) groups is 1. The Morgan fingerprint density at radius 2 is 2.20 bits per heavy atom. The Balaban J connectivity index is 1.63. The summed E-state index contributed by atoms with van der Waals surface area (Å²) in [5, 5.41) is 17.1. The molecule has 1 aromatic carbocycles. The molecule has 0 saturated carbocycles. The van der Waals surface area contributed by atoms with Crippen LogP contribution in [0.25, 0.3) is 0 Å². The molecule has 134 valence electrons. The van der Waals surface area contributed by atoms with Gasteiger partial charge in [0, 0.05) is 38.9 Å². The summed E-state index contributed by atoms with van der Waals surface area (Å²) in [5.74, 6) is 1.44. The van der Waals surface area contributed by atoms with Crippen LogP contribution in [-0.2, 0) is 17.9 Å². The quantitative estimate of drug-likeness (QED) is 0.238. The average Bonchev–Trinajstić information content (AvgIpc) is 3.14. The molecule has 0 atom stereocenters. The molecule has 0 aliphatic carbocycles. The van der Waals surface area contributed by atoms with Gasteiger partial charge in [-0.25, -0.2) is 0 Å². The molecule has 0 unspecified atom stereocenters. The molecule has 0 bridgehead atoms. The first kappa shape index (κ1) is 18.5. The number of benzene rings is 1. The van der Waals surface area contributed by atoms with Gasteiger partial charge in [0.25, 0.3) is 5.69 Å². The molecule has 2 rings (SSSR count). The van der Waals surface area contributed by atoms with Crippen molar-refractivity contribution in [3.63, 3.8) is 0 Å². The van der Waals surface area contributed by atoms with E-state index in [0.29, 0.717) is 32.3 Å². The number of rotatable bonds is 9. The zero-order valence-corrected chi connectivity index (χ0v) is 14.1. The fourth-order valence-electron chi connectivity index (χ4n) is 2.13. The second-order valence-corrected chi connectivity index (χ2v) is 5.27. The Bertz CT molecular complexity index is 686. The molecular formula is C17H22N4O4. The molecule has 8 heteroatoms. The molecule has 1 aromatic heterocycles. The van der Waals surface area contributed by atoms with Crippen LogP contribution < -0.4 is 10.6 Å². The monoisotopic (exact) mass is 346 g/mol. The number of nitro groups is 1. The molecule has 2 aromatic rings. The zero-order chi connectivity index (χ0) is 17.9. The van der Waals surface area contributed by atoms with Crippen LogP contribution in [0.2, 0.25) is 0 Å². The van der Waals surface area contributed by atoms with Gasteiger partial charge >= 0.3 is 0 Å². The largest absolute Gasteiger partial charge is 0.467 e. The maximum atomic E-state index is 10.8. The van der Waals surface area contributed by atoms with Gasteiger partial charge in [-0.1, -0.05) is 12.1 Å². The van der Waals surface area contributed by atoms with Crippen molar-refractivity contribution in [1.82, 2.24) is 10.6 Å². The number of hydrogen-bond donors (Lipinski definition) is 2. The van der Waals surface area contributed by atoms with Crippen molar-refractivity contribution in [1.29, 1.82) is 0 Å². The van der Waals surface area contributed by atoms with Crippen LogP contribution in [0.4, 0.5) is 5.69 Å². The Morgan fingerprint density at radius 1 is 1.32 bits per heavy atom. The maximum Gasteiger partial charge on any atom is 0.269 e. The number of hydrogen-bond acceptors (Lipinski definition) is 5. The standard InChI is InChI=1S/C17H22N4O4/c1-18-17(19-8-4-9-24-13-16-7-3-10-25-16)20-12-14-5-2-6-15(11-14)21(22)23/h2-3,5-7,10-11H,4,8-9,12-13H2,1H3,(H2,18,19,20). The Labute approximate surface area is 146 Å². The van der Waals surface area contributed by atoms with Crippen LogP contribution in [0, 0.1) is 10.1 Å². The van der Waals surface area contributed by atoms with Gasteiger partial charge in [0.2, 0.25) is 0 Å². The highest BCUT2D eigenvalue weighted by molar-refractivity contribution is 5.79. The first-order valence-electron chi connectivity index (χ1n) is 7.97. The summed E-state index contributed by atoms with van der Waals surface area (Å²) < 4.78 is 10.7. The van der Waals surface area contributed by atoms with E-state index in [9.17, 15) is 10.1 Å². The lowest BCUT2D eigenvalue weighted by Gasteiger charge is -2.12. The topological polar surface area (TPSA) is 102 Å². The second-order valence-electron chi connectivity index (χ2n) is 5.27. The Hall–Kier alpha value is -2.87. The van der Waals surface area contributed by atoms with Crippen LogP contribution in [0.3, 0.4) is 0 Å². The summed E-state index contributed by atoms with van der Waals surface area (Å²) in [7, 11) is 1.68. The molecule has 0 spiro atoms. The van der Waals surface area contributed by atoms with Gasteiger partial charge in [-0.15, -0.1) is 0 Å². The summed E-state index contributed by atoms with van der Waals surface area (Å²) in [6.07, 6.45) is 2.44. The van der Waals surface area contributed by atoms with Gasteiger partial charge in [0.05, 0.1) is 11.2 Å². The highest BCUT2D eigenvalue weighted by atomic mass is 16.6. The van der Waals surface area contributed by atoms with E-state index in [0.717, 1.165) is 17.7 Å². The lowest BCUT2D eigenvalue weighted by atomic mass is 10.2. The van der Waals surface area contributed by atoms with Gasteiger partial charge in [0.15, 0.2) is 5.96 Å². The number of nitrogens with zero attached hydrogens (tertiary/aromatic N) is 2. The first-order chi connectivity index (χ1) is 12.2. The third-order valence-corrected chi connectivity index (χ3v) is 3.39. The number of furan rings is 1. The molecule has 1 heterocycles. The van der Waals surface area contributed by atoms with E-state index in [2.05, 4.69) is 15.6 Å². The van der Waals surface area contributed by atoms with Crippen molar-refractivity contribution in [3.05, 3.63) is 64.1 Å². The van der Waals surface area contributed by atoms with E-state index in [1.165, 1.54) is 6.07 Å². The normalized spacial score (nSPS) is 11.3. The van der Waals surface area contributed by atoms with Crippen molar-refractivity contribution >= 4 is 11.6 Å². The lowest BCUT2D eigenvalue weighted by molar-refractivity contribution is -0.384. The van der Waals surface area contributed by atoms with E-state index in [-0.39, 0.29) is 5.69 Å². The molecule has 0 fully saturated rings. The predicted octanol–water partition coefficient (Wildman–Crippen LogP) is 2.46. The average molecular weight is 346 g/mol. The highest BCUT2D eigenvalue weighted by Crippen LogP contribution is 2.12. The Morgan fingerprint density at radius 3 is 2.92 bits per heavy atom. The van der Waals surface area contributed by atoms with E-state index in [1.807, 2.05) is 18.2 Å². The van der Waals surface area contributed by atoms with Crippen molar-refractivity contribution in [3.8, 4) is 0 Å². The van der Waals surface area contributed by atoms with Gasteiger partial charge in [-0.05, 0) is 24.1 Å². The van der Waals surface area contributed by atoms with Gasteiger partial charge in [-0.3, -0.25) is 15.1 Å². The fraction of sp³-hybridized carbons (Fsp3) is 0.353. The van der Waals surface area contributed by atoms with Crippen LogP contribution in [-0.4, -0.2) is 31.1 Å². The number of nitro benzene ring substituents is 1. The van der Waals surface area contributed by atoms with Crippen molar-refractivity contribution < 1.29 is 14.1 Å². The minimum absolute atomic E-state index is 0.0796. The summed E-state index contributed by atoms with van der Waals surface area (Å²) in [6, 6.07) is 10.2. The van der Waals surface area contributed by atoms with Crippen LogP contribution in [0.5, 0.6) is 0 Å². The molecule has 8 nitrogen and oxygen atoms in total. The molecule has 0 aliphatic rings. The van der Waals surface area contributed by atoms with Gasteiger partial charge in [-0.2, -0.15) is 0 Å². The van der Waals surface area contributed by atoms with Crippen molar-refractivity contribution in [2.45, 2.75) is 19.6 Å². The highest BCUT2D eigenvalue weighted by Gasteiger charge is 2.06.